The van der Waals surface area contributed by atoms with Gasteiger partial charge in [-0.3, -0.25) is 9.52 Å². The minimum absolute atomic E-state index is 0.0388. The topological polar surface area (TPSA) is 75.7 Å². The second kappa shape index (κ2) is 7.13. The third-order valence-electron chi connectivity index (χ3n) is 4.93. The molecule has 0 unspecified atom stereocenters. The van der Waals surface area contributed by atoms with Gasteiger partial charge in [0.25, 0.3) is 10.0 Å². The summed E-state index contributed by atoms with van der Waals surface area (Å²) in [6.45, 7) is 8.30. The number of nitrogens with one attached hydrogen (secondary N) is 1. The summed E-state index contributed by atoms with van der Waals surface area (Å²) >= 11 is 0. The smallest absolute Gasteiger partial charge is 0.261 e. The number of sulfonamides is 1. The second-order valence-corrected chi connectivity index (χ2v) is 9.66. The molecule has 1 aliphatic rings. The molecule has 2 aromatic rings. The Morgan fingerprint density at radius 2 is 1.89 bits per heavy atom. The molecule has 7 heteroatoms. The lowest BCUT2D eigenvalue weighted by Gasteiger charge is -2.22. The predicted octanol–water partition coefficient (Wildman–Crippen LogP) is 3.78. The van der Waals surface area contributed by atoms with E-state index in [1.54, 1.807) is 47.4 Å². The summed E-state index contributed by atoms with van der Waals surface area (Å²) in [6.07, 6.45) is 0. The molecule has 1 amide bonds. The maximum absolute atomic E-state index is 12.9. The minimum Gasteiger partial charge on any atom is -0.497 e. The number of benzene rings is 2. The predicted molar refractivity (Wildman–Crippen MR) is 110 cm³/mol. The van der Waals surface area contributed by atoms with E-state index in [0.717, 1.165) is 11.3 Å². The first-order chi connectivity index (χ1) is 13.0. The van der Waals surface area contributed by atoms with Gasteiger partial charge < -0.3 is 9.64 Å². The molecular weight excluding hydrogens is 376 g/mol. The van der Waals surface area contributed by atoms with Crippen LogP contribution in [0.1, 0.15) is 33.3 Å². The van der Waals surface area contributed by atoms with Crippen LogP contribution >= 0.6 is 0 Å². The van der Waals surface area contributed by atoms with Gasteiger partial charge in [0.2, 0.25) is 5.91 Å². The summed E-state index contributed by atoms with van der Waals surface area (Å²) < 4.78 is 33.5. The van der Waals surface area contributed by atoms with Crippen LogP contribution in [0, 0.1) is 5.92 Å². The Kier molecular flexibility index (Phi) is 5.14. The third kappa shape index (κ3) is 3.71. The fourth-order valence-corrected chi connectivity index (χ4v) is 4.51. The fraction of sp³-hybridized carbons (Fsp3) is 0.381. The molecule has 0 fully saturated rings. The zero-order chi connectivity index (χ0) is 20.7. The van der Waals surface area contributed by atoms with Crippen LogP contribution in [0.3, 0.4) is 0 Å². The maximum Gasteiger partial charge on any atom is 0.261 e. The summed E-state index contributed by atoms with van der Waals surface area (Å²) in [4.78, 5) is 14.5. The largest absolute Gasteiger partial charge is 0.497 e. The van der Waals surface area contributed by atoms with Gasteiger partial charge in [-0.1, -0.05) is 33.8 Å². The summed E-state index contributed by atoms with van der Waals surface area (Å²) in [5.74, 6) is 0.481. The number of amides is 1. The molecule has 0 atom stereocenters. The lowest BCUT2D eigenvalue weighted by molar-refractivity contribution is -0.121. The van der Waals surface area contributed by atoms with Gasteiger partial charge in [0.15, 0.2) is 0 Å². The molecule has 0 spiro atoms. The summed E-state index contributed by atoms with van der Waals surface area (Å²) in [6, 6.07) is 11.7. The Hall–Kier alpha value is -2.54. The number of ether oxygens (including phenoxy) is 1. The molecule has 0 aliphatic carbocycles. The van der Waals surface area contributed by atoms with Crippen molar-refractivity contribution in [1.82, 2.24) is 0 Å². The van der Waals surface area contributed by atoms with Gasteiger partial charge in [0, 0.05) is 29.6 Å². The average Bonchev–Trinajstić information content (AvgIpc) is 2.91. The lowest BCUT2D eigenvalue weighted by Crippen LogP contribution is -2.36. The van der Waals surface area contributed by atoms with Crippen molar-refractivity contribution >= 4 is 27.3 Å². The van der Waals surface area contributed by atoms with Crippen LogP contribution < -0.4 is 14.4 Å². The van der Waals surface area contributed by atoms with Crippen molar-refractivity contribution in [3.8, 4) is 5.75 Å². The molecular formula is C21H26N2O4S. The monoisotopic (exact) mass is 402 g/mol. The zero-order valence-electron chi connectivity index (χ0n) is 16.8. The lowest BCUT2D eigenvalue weighted by atomic mass is 9.87. The molecule has 3 rings (SSSR count). The van der Waals surface area contributed by atoms with Gasteiger partial charge in [0.05, 0.1) is 17.7 Å². The van der Waals surface area contributed by atoms with Gasteiger partial charge in [0.1, 0.15) is 5.75 Å². The average molecular weight is 403 g/mol. The molecule has 150 valence electrons. The molecule has 1 N–H and O–H groups in total. The first-order valence-electron chi connectivity index (χ1n) is 9.18. The van der Waals surface area contributed by atoms with Gasteiger partial charge in [-0.15, -0.1) is 0 Å². The van der Waals surface area contributed by atoms with Crippen LogP contribution in [-0.4, -0.2) is 28.0 Å². The molecule has 2 aromatic carbocycles. The molecule has 0 saturated heterocycles. The maximum atomic E-state index is 12.9. The SMILES string of the molecule is COc1cccc(NS(=O)(=O)c2ccc3c(c2)C(C)(C)CN3C(=O)C(C)C)c1. The van der Waals surface area contributed by atoms with Crippen LogP contribution in [0.2, 0.25) is 0 Å². The highest BCUT2D eigenvalue weighted by atomic mass is 32.2. The highest BCUT2D eigenvalue weighted by Gasteiger charge is 2.39. The van der Waals surface area contributed by atoms with E-state index in [4.69, 9.17) is 4.74 Å². The van der Waals surface area contributed by atoms with E-state index in [9.17, 15) is 13.2 Å². The third-order valence-corrected chi connectivity index (χ3v) is 6.31. The molecule has 0 radical (unpaired) electrons. The number of hydrogen-bond donors (Lipinski definition) is 1. The first kappa shape index (κ1) is 20.2. The zero-order valence-corrected chi connectivity index (χ0v) is 17.6. The standard InChI is InChI=1S/C21H26N2O4S/c1-14(2)20(24)23-13-21(3,4)18-12-17(9-10-19(18)23)28(25,26)22-15-7-6-8-16(11-15)27-5/h6-12,14,22H,13H2,1-5H3. The number of fused-ring (bicyclic) bond motifs is 1. The molecule has 1 aliphatic heterocycles. The Morgan fingerprint density at radius 3 is 2.54 bits per heavy atom. The van der Waals surface area contributed by atoms with Crippen molar-refractivity contribution in [2.75, 3.05) is 23.3 Å². The van der Waals surface area contributed by atoms with Crippen molar-refractivity contribution in [1.29, 1.82) is 0 Å². The summed E-state index contributed by atoms with van der Waals surface area (Å²) in [5.41, 5.74) is 1.73. The van der Waals surface area contributed by atoms with Crippen LogP contribution in [0.5, 0.6) is 5.75 Å². The number of hydrogen-bond acceptors (Lipinski definition) is 4. The van der Waals surface area contributed by atoms with Crippen molar-refractivity contribution in [2.45, 2.75) is 38.0 Å². The van der Waals surface area contributed by atoms with E-state index in [0.29, 0.717) is 18.0 Å². The van der Waals surface area contributed by atoms with E-state index in [1.807, 2.05) is 27.7 Å². The molecule has 6 nitrogen and oxygen atoms in total. The Bertz CT molecular complexity index is 1010. The van der Waals surface area contributed by atoms with Crippen molar-refractivity contribution in [2.24, 2.45) is 5.92 Å². The van der Waals surface area contributed by atoms with Crippen molar-refractivity contribution in [3.63, 3.8) is 0 Å². The second-order valence-electron chi connectivity index (χ2n) is 7.98. The first-order valence-corrected chi connectivity index (χ1v) is 10.7. The van der Waals surface area contributed by atoms with Gasteiger partial charge in [-0.25, -0.2) is 8.42 Å². The molecule has 0 aromatic heterocycles. The van der Waals surface area contributed by atoms with E-state index < -0.39 is 10.0 Å². The number of rotatable bonds is 5. The highest BCUT2D eigenvalue weighted by molar-refractivity contribution is 7.92. The molecule has 0 bridgehead atoms. The van der Waals surface area contributed by atoms with Gasteiger partial charge in [-0.2, -0.15) is 0 Å². The van der Waals surface area contributed by atoms with Crippen LogP contribution in [0.25, 0.3) is 0 Å². The van der Waals surface area contributed by atoms with Crippen LogP contribution in [0.15, 0.2) is 47.4 Å². The molecule has 28 heavy (non-hydrogen) atoms. The quantitative estimate of drug-likeness (QED) is 0.826. The summed E-state index contributed by atoms with van der Waals surface area (Å²) in [7, 11) is -2.24. The minimum atomic E-state index is -3.77. The Morgan fingerprint density at radius 1 is 1.18 bits per heavy atom. The van der Waals surface area contributed by atoms with Crippen molar-refractivity contribution in [3.05, 3.63) is 48.0 Å². The fourth-order valence-electron chi connectivity index (χ4n) is 3.43. The Balaban J connectivity index is 1.97. The van der Waals surface area contributed by atoms with Crippen LogP contribution in [0.4, 0.5) is 11.4 Å². The van der Waals surface area contributed by atoms with Crippen molar-refractivity contribution < 1.29 is 17.9 Å². The normalized spacial score (nSPS) is 15.4. The number of anilines is 2. The van der Waals surface area contributed by atoms with Gasteiger partial charge >= 0.3 is 0 Å². The van der Waals surface area contributed by atoms with E-state index in [2.05, 4.69) is 4.72 Å². The number of carbonyl (C=O) groups is 1. The molecule has 1 heterocycles. The van der Waals surface area contributed by atoms with E-state index in [-0.39, 0.29) is 22.1 Å². The summed E-state index contributed by atoms with van der Waals surface area (Å²) in [5, 5.41) is 0. The Labute approximate surface area is 166 Å². The number of carbonyl (C=O) groups excluding carboxylic acids is 1. The molecule has 0 saturated carbocycles. The number of nitrogens with zero attached hydrogens (tertiary/aromatic N) is 1. The van der Waals surface area contributed by atoms with Crippen LogP contribution in [-0.2, 0) is 20.2 Å². The number of methoxy groups -OCH3 is 1. The van der Waals surface area contributed by atoms with Gasteiger partial charge in [-0.05, 0) is 35.9 Å². The van der Waals surface area contributed by atoms with E-state index in [1.165, 1.54) is 7.11 Å². The van der Waals surface area contributed by atoms with E-state index >= 15 is 0 Å². The highest BCUT2D eigenvalue weighted by Crippen LogP contribution is 2.42.